The Hall–Kier alpha value is -0.970. The van der Waals surface area contributed by atoms with E-state index in [4.69, 9.17) is 47.4 Å². The number of ether oxygens (including phenoxy) is 10. The van der Waals surface area contributed by atoms with E-state index >= 15 is 0 Å². The zero-order valence-corrected chi connectivity index (χ0v) is 37.4. The molecule has 6 aliphatic heterocycles. The molecule has 0 aromatic carbocycles. The topological polar surface area (TPSA) is 150 Å². The summed E-state index contributed by atoms with van der Waals surface area (Å²) in [6.07, 6.45) is 2.36. The Morgan fingerprint density at radius 1 is 0.754 bits per heavy atom. The first kappa shape index (κ1) is 45.6. The summed E-state index contributed by atoms with van der Waals surface area (Å²) >= 11 is 0. The van der Waals surface area contributed by atoms with E-state index in [1.165, 1.54) is 6.92 Å². The molecule has 6 aliphatic rings. The Morgan fingerprint density at radius 2 is 1.39 bits per heavy atom. The van der Waals surface area contributed by atoms with Crippen LogP contribution in [0.1, 0.15) is 115 Å². The molecule has 6 fully saturated rings. The third-order valence-electron chi connectivity index (χ3n) is 16.3. The maximum absolute atomic E-state index is 12.2. The SMILES string of the molecule is COC1CC2(CCC(C)(C3CCC(C)(C4OC(C5OC(C)(OC)C(C)C(OC)C5C)CC4C)O3)O2)OC(C(C)C2OC(O)(C(C)C(=O)O)C(C)C(OC)C2C)C1C. The van der Waals surface area contributed by atoms with E-state index in [0.717, 1.165) is 25.7 Å². The molecule has 2 N–H and O–H groups in total. The molecule has 13 nitrogen and oxygen atoms in total. The number of carboxylic acid groups (broad SMARTS) is 1. The summed E-state index contributed by atoms with van der Waals surface area (Å²) in [5.74, 6) is -6.53. The Kier molecular flexibility index (Phi) is 13.1. The van der Waals surface area contributed by atoms with Gasteiger partial charge >= 0.3 is 5.97 Å². The van der Waals surface area contributed by atoms with Crippen molar-refractivity contribution in [3.8, 4) is 0 Å². The molecule has 22 atom stereocenters. The Morgan fingerprint density at radius 3 is 1.98 bits per heavy atom. The van der Waals surface area contributed by atoms with Crippen LogP contribution in [0.2, 0.25) is 0 Å². The first-order valence-electron chi connectivity index (χ1n) is 21.7. The van der Waals surface area contributed by atoms with Gasteiger partial charge in [-0.1, -0.05) is 48.5 Å². The largest absolute Gasteiger partial charge is 0.481 e. The van der Waals surface area contributed by atoms with Gasteiger partial charge in [0.15, 0.2) is 17.4 Å². The molecule has 1 spiro atoms. The predicted molar refractivity (Wildman–Crippen MR) is 210 cm³/mol. The van der Waals surface area contributed by atoms with Gasteiger partial charge in [-0.15, -0.1) is 0 Å². The first-order valence-corrected chi connectivity index (χ1v) is 21.7. The fraction of sp³-hybridized carbons (Fsp3) is 0.977. The number of aliphatic carboxylic acids is 1. The van der Waals surface area contributed by atoms with Crippen molar-refractivity contribution in [2.24, 2.45) is 47.3 Å². The van der Waals surface area contributed by atoms with E-state index in [2.05, 4.69) is 48.5 Å². The summed E-state index contributed by atoms with van der Waals surface area (Å²) in [5, 5.41) is 21.8. The highest BCUT2D eigenvalue weighted by Crippen LogP contribution is 2.55. The lowest BCUT2D eigenvalue weighted by Gasteiger charge is -2.55. The van der Waals surface area contributed by atoms with E-state index in [9.17, 15) is 15.0 Å². The third-order valence-corrected chi connectivity index (χ3v) is 16.3. The highest BCUT2D eigenvalue weighted by Gasteiger charge is 2.63. The van der Waals surface area contributed by atoms with Gasteiger partial charge in [-0.05, 0) is 59.3 Å². The second-order valence-corrected chi connectivity index (χ2v) is 19.8. The first-order chi connectivity index (χ1) is 26.6. The van der Waals surface area contributed by atoms with E-state index in [1.807, 2.05) is 13.8 Å². The number of hydrogen-bond acceptors (Lipinski definition) is 12. The van der Waals surface area contributed by atoms with Crippen molar-refractivity contribution < 1.29 is 62.4 Å². The van der Waals surface area contributed by atoms with Crippen molar-refractivity contribution in [1.29, 1.82) is 0 Å². The molecular formula is C44H76O13. The van der Waals surface area contributed by atoms with Gasteiger partial charge in [0.1, 0.15) is 5.92 Å². The van der Waals surface area contributed by atoms with Crippen LogP contribution in [0, 0.1) is 47.3 Å². The van der Waals surface area contributed by atoms with E-state index in [1.54, 1.807) is 35.4 Å². The lowest BCUT2D eigenvalue weighted by Crippen LogP contribution is -2.65. The van der Waals surface area contributed by atoms with Crippen LogP contribution in [0.5, 0.6) is 0 Å². The summed E-state index contributed by atoms with van der Waals surface area (Å²) in [7, 11) is 6.80. The van der Waals surface area contributed by atoms with Gasteiger partial charge in [0, 0.05) is 76.8 Å². The van der Waals surface area contributed by atoms with Gasteiger partial charge in [-0.2, -0.15) is 0 Å². The maximum Gasteiger partial charge on any atom is 0.311 e. The standard InChI is InChI=1S/C44H76O13/c1-22-20-30(37-26(5)35(49-13)27(6)42(11,51-15)54-37)52-38(22)41(10)17-16-32(53-41)40(9)18-19-43(57-40)21-31(48-12)23(2)33(55-43)24(3)34-25(4)36(50-14)28(7)44(47,56-34)29(8)39(45)46/h22-38,47H,16-21H2,1-15H3,(H,45,46). The van der Waals surface area contributed by atoms with Crippen molar-refractivity contribution in [2.45, 2.75) is 198 Å². The molecule has 0 aromatic rings. The third kappa shape index (κ3) is 7.67. The molecular weight excluding hydrogens is 736 g/mol. The monoisotopic (exact) mass is 813 g/mol. The Bertz CT molecular complexity index is 1420. The normalized spacial score (nSPS) is 54.3. The van der Waals surface area contributed by atoms with Gasteiger partial charge in [-0.25, -0.2) is 0 Å². The van der Waals surface area contributed by atoms with Gasteiger partial charge in [0.05, 0.1) is 66.1 Å². The average molecular weight is 813 g/mol. The van der Waals surface area contributed by atoms with E-state index in [0.29, 0.717) is 12.8 Å². The van der Waals surface area contributed by atoms with Crippen LogP contribution in [-0.2, 0) is 52.2 Å². The molecule has 6 saturated heterocycles. The molecule has 0 bridgehead atoms. The summed E-state index contributed by atoms with van der Waals surface area (Å²) in [6, 6.07) is 0. The lowest BCUT2D eigenvalue weighted by atomic mass is 9.71. The number of rotatable bonds is 11. The van der Waals surface area contributed by atoms with Crippen molar-refractivity contribution in [2.75, 3.05) is 28.4 Å². The minimum atomic E-state index is -1.93. The smallest absolute Gasteiger partial charge is 0.311 e. The number of methoxy groups -OCH3 is 4. The van der Waals surface area contributed by atoms with Crippen LogP contribution in [0.4, 0.5) is 0 Å². The van der Waals surface area contributed by atoms with E-state index in [-0.39, 0.29) is 78.2 Å². The Balaban J connectivity index is 1.17. The minimum Gasteiger partial charge on any atom is -0.481 e. The second-order valence-electron chi connectivity index (χ2n) is 19.8. The second kappa shape index (κ2) is 16.4. The number of aliphatic hydroxyl groups is 1. The summed E-state index contributed by atoms with van der Waals surface area (Å²) in [4.78, 5) is 12.2. The van der Waals surface area contributed by atoms with Crippen LogP contribution in [0.25, 0.3) is 0 Å². The highest BCUT2D eigenvalue weighted by molar-refractivity contribution is 5.70. The molecule has 0 saturated carbocycles. The molecule has 13 heteroatoms. The van der Waals surface area contributed by atoms with Crippen LogP contribution in [-0.4, -0.2) is 128 Å². The lowest BCUT2D eigenvalue weighted by molar-refractivity contribution is -0.366. The van der Waals surface area contributed by atoms with Crippen LogP contribution < -0.4 is 0 Å². The minimum absolute atomic E-state index is 0.0279. The zero-order chi connectivity index (χ0) is 42.2. The van der Waals surface area contributed by atoms with Crippen molar-refractivity contribution in [3.05, 3.63) is 0 Å². The fourth-order valence-electron chi connectivity index (χ4n) is 12.4. The molecule has 330 valence electrons. The number of hydrogen-bond donors (Lipinski definition) is 2. The number of carbonyl (C=O) groups is 1. The van der Waals surface area contributed by atoms with Crippen LogP contribution in [0.15, 0.2) is 0 Å². The predicted octanol–water partition coefficient (Wildman–Crippen LogP) is 6.20. The summed E-state index contributed by atoms with van der Waals surface area (Å²) in [5.41, 5.74) is -1.13. The zero-order valence-electron chi connectivity index (χ0n) is 37.4. The van der Waals surface area contributed by atoms with Gasteiger partial charge in [0.2, 0.25) is 0 Å². The average Bonchev–Trinajstić information content (AvgIpc) is 3.87. The molecule has 0 amide bonds. The summed E-state index contributed by atoms with van der Waals surface area (Å²) < 4.78 is 65.6. The maximum atomic E-state index is 12.2. The van der Waals surface area contributed by atoms with Crippen molar-refractivity contribution in [3.63, 3.8) is 0 Å². The number of carboxylic acids is 1. The molecule has 0 aromatic heterocycles. The van der Waals surface area contributed by atoms with Crippen LogP contribution in [0.3, 0.4) is 0 Å². The molecule has 57 heavy (non-hydrogen) atoms. The van der Waals surface area contributed by atoms with Crippen LogP contribution >= 0.6 is 0 Å². The highest BCUT2D eigenvalue weighted by atomic mass is 16.7. The van der Waals surface area contributed by atoms with Gasteiger partial charge < -0.3 is 57.6 Å². The van der Waals surface area contributed by atoms with Gasteiger partial charge in [0.25, 0.3) is 0 Å². The quantitative estimate of drug-likeness (QED) is 0.244. The molecule has 6 heterocycles. The fourth-order valence-corrected chi connectivity index (χ4v) is 12.4. The molecule has 6 rings (SSSR count). The van der Waals surface area contributed by atoms with Crippen molar-refractivity contribution in [1.82, 2.24) is 0 Å². The molecule has 0 aliphatic carbocycles. The van der Waals surface area contributed by atoms with E-state index < -0.39 is 58.6 Å². The van der Waals surface area contributed by atoms with Crippen molar-refractivity contribution >= 4 is 5.97 Å². The summed E-state index contributed by atoms with van der Waals surface area (Å²) in [6.45, 7) is 22.4. The molecule has 22 unspecified atom stereocenters. The Labute approximate surface area is 341 Å². The molecule has 0 radical (unpaired) electrons. The van der Waals surface area contributed by atoms with Gasteiger partial charge in [-0.3, -0.25) is 4.79 Å².